The van der Waals surface area contributed by atoms with Crippen molar-refractivity contribution in [2.45, 2.75) is 51.2 Å². The number of carbonyl (C=O) groups is 2. The van der Waals surface area contributed by atoms with Crippen molar-refractivity contribution in [2.24, 2.45) is 0 Å². The molecule has 8 nitrogen and oxygen atoms in total. The highest BCUT2D eigenvalue weighted by Gasteiger charge is 2.32. The second-order valence-corrected chi connectivity index (χ2v) is 9.96. The molecule has 2 aromatic heterocycles. The van der Waals surface area contributed by atoms with Gasteiger partial charge in [0.15, 0.2) is 5.69 Å². The summed E-state index contributed by atoms with van der Waals surface area (Å²) in [5.41, 5.74) is 4.98. The topological polar surface area (TPSA) is 92.2 Å². The van der Waals surface area contributed by atoms with Gasteiger partial charge in [-0.2, -0.15) is 5.10 Å². The molecule has 8 heteroatoms. The van der Waals surface area contributed by atoms with Crippen LogP contribution in [0.3, 0.4) is 0 Å². The van der Waals surface area contributed by atoms with E-state index in [4.69, 9.17) is 9.84 Å². The van der Waals surface area contributed by atoms with E-state index in [0.29, 0.717) is 37.3 Å². The van der Waals surface area contributed by atoms with Gasteiger partial charge < -0.3 is 19.9 Å². The second kappa shape index (κ2) is 9.76. The Bertz CT molecular complexity index is 1450. The van der Waals surface area contributed by atoms with E-state index in [1.165, 1.54) is 0 Å². The lowest BCUT2D eigenvalue weighted by atomic mass is 10.0. The van der Waals surface area contributed by atoms with Crippen LogP contribution in [0.15, 0.2) is 54.7 Å². The van der Waals surface area contributed by atoms with E-state index >= 15 is 0 Å². The summed E-state index contributed by atoms with van der Waals surface area (Å²) < 4.78 is 7.22. The van der Waals surface area contributed by atoms with Crippen molar-refractivity contribution < 1.29 is 14.3 Å². The maximum atomic E-state index is 13.6. The van der Waals surface area contributed by atoms with Crippen molar-refractivity contribution in [2.75, 3.05) is 13.7 Å². The summed E-state index contributed by atoms with van der Waals surface area (Å²) in [4.78, 5) is 32.0. The lowest BCUT2D eigenvalue weighted by Crippen LogP contribution is -2.38. The van der Waals surface area contributed by atoms with Gasteiger partial charge in [-0.1, -0.05) is 43.2 Å². The number of H-pyrrole nitrogens is 1. The van der Waals surface area contributed by atoms with Crippen LogP contribution in [0.5, 0.6) is 5.75 Å². The number of benzene rings is 2. The first-order valence-electron chi connectivity index (χ1n) is 13.0. The molecule has 1 aliphatic heterocycles. The van der Waals surface area contributed by atoms with Gasteiger partial charge in [-0.3, -0.25) is 14.3 Å². The van der Waals surface area contributed by atoms with E-state index in [-0.39, 0.29) is 17.9 Å². The summed E-state index contributed by atoms with van der Waals surface area (Å²) in [5.74, 6) is 0.625. The molecule has 0 radical (unpaired) electrons. The lowest BCUT2D eigenvalue weighted by molar-refractivity contribution is 0.0732. The largest absolute Gasteiger partial charge is 0.497 e. The fraction of sp³-hybridized carbons (Fsp3) is 0.345. The van der Waals surface area contributed by atoms with E-state index in [1.807, 2.05) is 58.1 Å². The Kier molecular flexibility index (Phi) is 6.16. The lowest BCUT2D eigenvalue weighted by Gasteiger charge is -2.28. The van der Waals surface area contributed by atoms with Crippen molar-refractivity contribution in [3.8, 4) is 5.75 Å². The van der Waals surface area contributed by atoms with E-state index < -0.39 is 0 Å². The van der Waals surface area contributed by atoms with E-state index in [9.17, 15) is 9.59 Å². The Labute approximate surface area is 215 Å². The Morgan fingerprint density at radius 3 is 2.68 bits per heavy atom. The van der Waals surface area contributed by atoms with Crippen molar-refractivity contribution in [1.82, 2.24) is 25.0 Å². The van der Waals surface area contributed by atoms with Crippen LogP contribution in [-0.4, -0.2) is 51.2 Å². The van der Waals surface area contributed by atoms with Gasteiger partial charge in [0.2, 0.25) is 0 Å². The number of aromatic nitrogens is 3. The normalized spacial score (nSPS) is 15.6. The molecule has 4 aromatic rings. The number of para-hydroxylation sites is 1. The van der Waals surface area contributed by atoms with Crippen LogP contribution < -0.4 is 10.1 Å². The molecular formula is C29H31N5O3. The zero-order chi connectivity index (χ0) is 25.4. The summed E-state index contributed by atoms with van der Waals surface area (Å²) in [7, 11) is 1.65. The van der Waals surface area contributed by atoms with Gasteiger partial charge in [-0.15, -0.1) is 0 Å². The number of aromatic amines is 1. The molecule has 1 fully saturated rings. The van der Waals surface area contributed by atoms with E-state index in [0.717, 1.165) is 59.2 Å². The van der Waals surface area contributed by atoms with E-state index in [2.05, 4.69) is 10.3 Å². The van der Waals surface area contributed by atoms with Gasteiger partial charge in [0.1, 0.15) is 5.75 Å². The maximum Gasteiger partial charge on any atom is 0.272 e. The molecule has 2 aromatic carbocycles. The van der Waals surface area contributed by atoms with Gasteiger partial charge in [-0.25, -0.2) is 0 Å². The molecule has 0 bridgehead atoms. The number of carbonyl (C=O) groups excluding carboxylic acids is 2. The molecule has 2 N–H and O–H groups in total. The number of amides is 2. The van der Waals surface area contributed by atoms with Crippen LogP contribution in [0, 0.1) is 0 Å². The Morgan fingerprint density at radius 1 is 1.11 bits per heavy atom. The number of hydrogen-bond acceptors (Lipinski definition) is 4. The number of rotatable bonds is 6. The highest BCUT2D eigenvalue weighted by Crippen LogP contribution is 2.28. The zero-order valence-electron chi connectivity index (χ0n) is 21.0. The molecule has 2 amide bonds. The Hall–Kier alpha value is -4.07. The molecule has 1 aliphatic carbocycles. The predicted molar refractivity (Wildman–Crippen MR) is 141 cm³/mol. The first-order valence-corrected chi connectivity index (χ1v) is 13.0. The highest BCUT2D eigenvalue weighted by molar-refractivity contribution is 6.06. The van der Waals surface area contributed by atoms with Crippen LogP contribution in [0.25, 0.3) is 10.9 Å². The molecule has 190 valence electrons. The van der Waals surface area contributed by atoms with Crippen LogP contribution >= 0.6 is 0 Å². The van der Waals surface area contributed by atoms with Crippen molar-refractivity contribution in [1.29, 1.82) is 0 Å². The first kappa shape index (κ1) is 23.3. The van der Waals surface area contributed by atoms with Gasteiger partial charge in [0.05, 0.1) is 25.8 Å². The average molecular weight is 498 g/mol. The molecule has 3 heterocycles. The third-order valence-electron chi connectivity index (χ3n) is 7.64. The van der Waals surface area contributed by atoms with Gasteiger partial charge >= 0.3 is 0 Å². The van der Waals surface area contributed by atoms with Crippen LogP contribution in [0.1, 0.15) is 63.4 Å². The minimum atomic E-state index is -0.141. The summed E-state index contributed by atoms with van der Waals surface area (Å²) in [6, 6.07) is 15.9. The highest BCUT2D eigenvalue weighted by atomic mass is 16.5. The third-order valence-corrected chi connectivity index (χ3v) is 7.64. The summed E-state index contributed by atoms with van der Waals surface area (Å²) >= 11 is 0. The number of nitrogens with zero attached hydrogens (tertiary/aromatic N) is 3. The van der Waals surface area contributed by atoms with Crippen molar-refractivity contribution >= 4 is 22.7 Å². The fourth-order valence-electron chi connectivity index (χ4n) is 5.62. The second-order valence-electron chi connectivity index (χ2n) is 9.96. The molecule has 0 atom stereocenters. The molecule has 37 heavy (non-hydrogen) atoms. The molecule has 0 saturated heterocycles. The molecule has 0 unspecified atom stereocenters. The Morgan fingerprint density at radius 2 is 1.89 bits per heavy atom. The zero-order valence-corrected chi connectivity index (χ0v) is 21.0. The summed E-state index contributed by atoms with van der Waals surface area (Å²) in [6.45, 7) is 1.49. The summed E-state index contributed by atoms with van der Waals surface area (Å²) in [5, 5.41) is 8.91. The minimum absolute atomic E-state index is 0.0341. The number of ether oxygens (including phenoxy) is 1. The van der Waals surface area contributed by atoms with Crippen molar-refractivity contribution in [3.63, 3.8) is 0 Å². The van der Waals surface area contributed by atoms with Gasteiger partial charge in [0, 0.05) is 47.4 Å². The van der Waals surface area contributed by atoms with Crippen LogP contribution in [-0.2, 0) is 19.5 Å². The van der Waals surface area contributed by atoms with E-state index in [1.54, 1.807) is 13.3 Å². The molecule has 6 rings (SSSR count). The molecular weight excluding hydrogens is 466 g/mol. The smallest absolute Gasteiger partial charge is 0.272 e. The average Bonchev–Trinajstić information content (AvgIpc) is 3.68. The predicted octanol–water partition coefficient (Wildman–Crippen LogP) is 4.29. The minimum Gasteiger partial charge on any atom is -0.497 e. The SMILES string of the molecule is COc1ccc(Cn2nc(C(=O)NC3CCCC3)c3c2CCN(C(=O)c2c[nH]c4ccccc24)C3)cc1. The maximum absolute atomic E-state index is 13.6. The quantitative estimate of drug-likeness (QED) is 0.416. The van der Waals surface area contributed by atoms with Gasteiger partial charge in [0.25, 0.3) is 11.8 Å². The molecule has 2 aliphatic rings. The van der Waals surface area contributed by atoms with Crippen molar-refractivity contribution in [3.05, 3.63) is 82.8 Å². The number of nitrogens with one attached hydrogen (secondary N) is 2. The number of methoxy groups -OCH3 is 1. The molecule has 1 saturated carbocycles. The number of fused-ring (bicyclic) bond motifs is 2. The van der Waals surface area contributed by atoms with Crippen LogP contribution in [0.4, 0.5) is 0 Å². The van der Waals surface area contributed by atoms with Crippen LogP contribution in [0.2, 0.25) is 0 Å². The number of hydrogen-bond donors (Lipinski definition) is 2. The first-order chi connectivity index (χ1) is 18.1. The molecule has 0 spiro atoms. The standard InChI is InChI=1S/C29H31N5O3/c1-37-21-12-10-19(11-13-21)17-34-26-14-15-33(29(36)23-16-30-25-9-5-4-8-22(23)25)18-24(26)27(32-34)28(35)31-20-6-2-3-7-20/h4-5,8-13,16,20,30H,2-3,6-7,14-15,17-18H2,1H3,(H,31,35). The monoisotopic (exact) mass is 497 g/mol. The third kappa shape index (κ3) is 4.48. The fourth-order valence-corrected chi connectivity index (χ4v) is 5.62. The van der Waals surface area contributed by atoms with Gasteiger partial charge in [-0.05, 0) is 36.6 Å². The Balaban J connectivity index is 1.31. The summed E-state index contributed by atoms with van der Waals surface area (Å²) in [6.07, 6.45) is 6.72.